The van der Waals surface area contributed by atoms with E-state index in [1.54, 1.807) is 12.1 Å². The number of phenols is 1. The maximum atomic E-state index is 9.14. The summed E-state index contributed by atoms with van der Waals surface area (Å²) < 4.78 is 0. The fraction of sp³-hybridized carbons (Fsp3) is 0.417. The first-order chi connectivity index (χ1) is 7.74. The molecule has 0 unspecified atom stereocenters. The van der Waals surface area contributed by atoms with E-state index in [0.717, 1.165) is 31.7 Å². The van der Waals surface area contributed by atoms with Crippen LogP contribution in [0.2, 0.25) is 0 Å². The number of aromatic hydroxyl groups is 1. The van der Waals surface area contributed by atoms with Crippen LogP contribution in [0.4, 0.5) is 0 Å². The molecule has 1 saturated heterocycles. The molecule has 1 aromatic rings. The number of rotatable bonds is 2. The molecule has 0 aromatic heterocycles. The lowest BCUT2D eigenvalue weighted by Crippen LogP contribution is -2.41. The van der Waals surface area contributed by atoms with Crippen LogP contribution in [-0.2, 0) is 0 Å². The summed E-state index contributed by atoms with van der Waals surface area (Å²) >= 11 is 0. The number of piperazine rings is 1. The van der Waals surface area contributed by atoms with Crippen molar-refractivity contribution in [2.45, 2.75) is 0 Å². The molecule has 0 saturated carbocycles. The predicted octanol–water partition coefficient (Wildman–Crippen LogP) is 1.40. The second-order valence-corrected chi connectivity index (χ2v) is 4.09. The van der Waals surface area contributed by atoms with Gasteiger partial charge in [0.1, 0.15) is 5.75 Å². The van der Waals surface area contributed by atoms with Gasteiger partial charge in [0.05, 0.1) is 6.21 Å². The fourth-order valence-corrected chi connectivity index (χ4v) is 1.62. The van der Waals surface area contributed by atoms with Crippen LogP contribution in [-0.4, -0.2) is 54.5 Å². The van der Waals surface area contributed by atoms with Gasteiger partial charge in [-0.1, -0.05) is 0 Å². The SMILES string of the molecule is CN1CCN(N=Cc2ccc(O)cc2)CC1.Cl. The summed E-state index contributed by atoms with van der Waals surface area (Å²) in [7, 11) is 2.13. The normalized spacial score (nSPS) is 17.1. The minimum atomic E-state index is 0. The number of benzene rings is 1. The van der Waals surface area contributed by atoms with Crippen molar-refractivity contribution in [3.05, 3.63) is 29.8 Å². The van der Waals surface area contributed by atoms with Gasteiger partial charge in [0.15, 0.2) is 0 Å². The van der Waals surface area contributed by atoms with Gasteiger partial charge in [-0.05, 0) is 36.9 Å². The molecule has 0 radical (unpaired) electrons. The van der Waals surface area contributed by atoms with Gasteiger partial charge in [-0.3, -0.25) is 5.01 Å². The van der Waals surface area contributed by atoms with Gasteiger partial charge in [-0.25, -0.2) is 0 Å². The minimum Gasteiger partial charge on any atom is -0.508 e. The lowest BCUT2D eigenvalue weighted by molar-refractivity contribution is 0.159. The summed E-state index contributed by atoms with van der Waals surface area (Å²) in [6, 6.07) is 7.06. The van der Waals surface area contributed by atoms with Crippen molar-refractivity contribution in [3.8, 4) is 5.75 Å². The molecule has 0 bridgehead atoms. The van der Waals surface area contributed by atoms with Crippen molar-refractivity contribution < 1.29 is 5.11 Å². The molecular weight excluding hydrogens is 238 g/mol. The lowest BCUT2D eigenvalue weighted by atomic mass is 10.2. The predicted molar refractivity (Wildman–Crippen MR) is 72.0 cm³/mol. The van der Waals surface area contributed by atoms with Crippen molar-refractivity contribution in [3.63, 3.8) is 0 Å². The zero-order valence-corrected chi connectivity index (χ0v) is 10.7. The zero-order chi connectivity index (χ0) is 11.4. The van der Waals surface area contributed by atoms with Crippen LogP contribution in [0.3, 0.4) is 0 Å². The average Bonchev–Trinajstić information content (AvgIpc) is 2.30. The van der Waals surface area contributed by atoms with E-state index >= 15 is 0 Å². The Morgan fingerprint density at radius 2 is 1.71 bits per heavy atom. The first-order valence-corrected chi connectivity index (χ1v) is 5.50. The molecule has 1 heterocycles. The number of likely N-dealkylation sites (N-methyl/N-ethyl adjacent to an activating group) is 1. The average molecular weight is 256 g/mol. The Balaban J connectivity index is 0.00000144. The highest BCUT2D eigenvalue weighted by Crippen LogP contribution is 2.08. The lowest BCUT2D eigenvalue weighted by Gasteiger charge is -2.30. The number of hydrogen-bond acceptors (Lipinski definition) is 4. The van der Waals surface area contributed by atoms with E-state index in [0.29, 0.717) is 0 Å². The molecule has 17 heavy (non-hydrogen) atoms. The van der Waals surface area contributed by atoms with E-state index in [-0.39, 0.29) is 18.2 Å². The van der Waals surface area contributed by atoms with Gasteiger partial charge in [-0.2, -0.15) is 5.10 Å². The summed E-state index contributed by atoms with van der Waals surface area (Å²) in [6.45, 7) is 4.08. The zero-order valence-electron chi connectivity index (χ0n) is 9.91. The second kappa shape index (κ2) is 6.47. The molecule has 1 N–H and O–H groups in total. The highest BCUT2D eigenvalue weighted by molar-refractivity contribution is 5.85. The van der Waals surface area contributed by atoms with E-state index in [1.165, 1.54) is 0 Å². The summed E-state index contributed by atoms with van der Waals surface area (Å²) in [5.74, 6) is 0.289. The standard InChI is InChI=1S/C12H17N3O.ClH/c1-14-6-8-15(9-7-14)13-10-11-2-4-12(16)5-3-11;/h2-5,10,16H,6-9H2,1H3;1H. The van der Waals surface area contributed by atoms with Crippen molar-refractivity contribution >= 4 is 18.6 Å². The molecule has 2 rings (SSSR count). The smallest absolute Gasteiger partial charge is 0.115 e. The van der Waals surface area contributed by atoms with Crippen LogP contribution in [0.5, 0.6) is 5.75 Å². The quantitative estimate of drug-likeness (QED) is 0.812. The van der Waals surface area contributed by atoms with Crippen molar-refractivity contribution in [2.75, 3.05) is 33.2 Å². The van der Waals surface area contributed by atoms with E-state index < -0.39 is 0 Å². The van der Waals surface area contributed by atoms with Gasteiger partial charge >= 0.3 is 0 Å². The number of phenolic OH excluding ortho intramolecular Hbond substituents is 1. The highest BCUT2D eigenvalue weighted by atomic mass is 35.5. The maximum Gasteiger partial charge on any atom is 0.115 e. The second-order valence-electron chi connectivity index (χ2n) is 4.09. The molecular formula is C12H18ClN3O. The topological polar surface area (TPSA) is 39.1 Å². The van der Waals surface area contributed by atoms with E-state index in [9.17, 15) is 0 Å². The van der Waals surface area contributed by atoms with Crippen LogP contribution >= 0.6 is 12.4 Å². The summed E-state index contributed by atoms with van der Waals surface area (Å²) in [6.07, 6.45) is 1.84. The van der Waals surface area contributed by atoms with Gasteiger partial charge in [0.2, 0.25) is 0 Å². The Kier molecular flexibility index (Phi) is 5.25. The molecule has 4 nitrogen and oxygen atoms in total. The van der Waals surface area contributed by atoms with Gasteiger partial charge in [-0.15, -0.1) is 12.4 Å². The van der Waals surface area contributed by atoms with Crippen LogP contribution in [0.15, 0.2) is 29.4 Å². The van der Waals surface area contributed by atoms with Crippen LogP contribution in [0, 0.1) is 0 Å². The fourth-order valence-electron chi connectivity index (χ4n) is 1.62. The summed E-state index contributed by atoms with van der Waals surface area (Å²) in [5, 5.41) is 15.6. The minimum absolute atomic E-state index is 0. The molecule has 0 atom stereocenters. The highest BCUT2D eigenvalue weighted by Gasteiger charge is 2.10. The van der Waals surface area contributed by atoms with Crippen LogP contribution < -0.4 is 0 Å². The molecule has 0 spiro atoms. The Morgan fingerprint density at radius 1 is 1.12 bits per heavy atom. The van der Waals surface area contributed by atoms with Crippen molar-refractivity contribution in [2.24, 2.45) is 5.10 Å². The monoisotopic (exact) mass is 255 g/mol. The number of hydrogen-bond donors (Lipinski definition) is 1. The summed E-state index contributed by atoms with van der Waals surface area (Å²) in [5.41, 5.74) is 1.01. The van der Waals surface area contributed by atoms with Crippen molar-refractivity contribution in [1.82, 2.24) is 9.91 Å². The molecule has 1 fully saturated rings. The Hall–Kier alpha value is -1.26. The molecule has 0 aliphatic carbocycles. The molecule has 1 aromatic carbocycles. The number of halogens is 1. The van der Waals surface area contributed by atoms with Crippen LogP contribution in [0.1, 0.15) is 5.56 Å². The third-order valence-corrected chi connectivity index (χ3v) is 2.74. The Labute approximate surface area is 108 Å². The van der Waals surface area contributed by atoms with Crippen molar-refractivity contribution in [1.29, 1.82) is 0 Å². The van der Waals surface area contributed by atoms with Gasteiger partial charge in [0.25, 0.3) is 0 Å². The third-order valence-electron chi connectivity index (χ3n) is 2.74. The summed E-state index contributed by atoms with van der Waals surface area (Å²) in [4.78, 5) is 2.30. The number of nitrogens with zero attached hydrogens (tertiary/aromatic N) is 3. The molecule has 1 aliphatic rings. The first kappa shape index (κ1) is 13.8. The van der Waals surface area contributed by atoms with E-state index in [1.807, 2.05) is 18.3 Å². The van der Waals surface area contributed by atoms with E-state index in [4.69, 9.17) is 5.11 Å². The Morgan fingerprint density at radius 3 is 2.29 bits per heavy atom. The first-order valence-electron chi connectivity index (χ1n) is 5.50. The molecule has 5 heteroatoms. The maximum absolute atomic E-state index is 9.14. The Bertz CT molecular complexity index is 359. The molecule has 94 valence electrons. The van der Waals surface area contributed by atoms with E-state index in [2.05, 4.69) is 22.1 Å². The van der Waals surface area contributed by atoms with Crippen LogP contribution in [0.25, 0.3) is 0 Å². The third kappa shape index (κ3) is 4.24. The number of hydrazone groups is 1. The molecule has 0 amide bonds. The van der Waals surface area contributed by atoms with Gasteiger partial charge in [0, 0.05) is 26.2 Å². The largest absolute Gasteiger partial charge is 0.508 e. The van der Waals surface area contributed by atoms with Gasteiger partial charge < -0.3 is 10.0 Å². The molecule has 1 aliphatic heterocycles.